The van der Waals surface area contributed by atoms with E-state index in [1.54, 1.807) is 11.1 Å². The van der Waals surface area contributed by atoms with Crippen LogP contribution in [0.25, 0.3) is 0 Å². The topological polar surface area (TPSA) is 0 Å². The summed E-state index contributed by atoms with van der Waals surface area (Å²) in [4.78, 5) is 0. The van der Waals surface area contributed by atoms with E-state index in [4.69, 9.17) is 0 Å². The summed E-state index contributed by atoms with van der Waals surface area (Å²) in [5.74, 6) is 3.35. The molecule has 4 unspecified atom stereocenters. The second-order valence-electron chi connectivity index (χ2n) is 8.97. The average molecular weight is 540 g/mol. The normalized spacial score (nSPS) is 24.5. The van der Waals surface area contributed by atoms with Gasteiger partial charge in [-0.1, -0.05) is 38.5 Å². The van der Waals surface area contributed by atoms with Gasteiger partial charge in [0.05, 0.1) is 0 Å². The molecule has 4 aliphatic carbocycles. The summed E-state index contributed by atoms with van der Waals surface area (Å²) in [5.41, 5.74) is 3.16. The molecule has 176 valence electrons. The summed E-state index contributed by atoms with van der Waals surface area (Å²) >= 11 is 1.36. The summed E-state index contributed by atoms with van der Waals surface area (Å²) in [6.45, 7) is 7.67. The zero-order valence-corrected chi connectivity index (χ0v) is 24.0. The Kier molecular flexibility index (Phi) is 14.8. The Bertz CT molecular complexity index is 768. The molecule has 0 aliphatic heterocycles. The van der Waals surface area contributed by atoms with Crippen LogP contribution in [0.5, 0.6) is 0 Å². The minimum absolute atomic E-state index is 0.816. The standard InChI is InChI=1S/2C10H13.2C6H5.Si.Zr/c2*1-8-6-9-4-2-3-5-10(9)7-8;2*1-2-4-6-5-3-1;;/h2*2-4,6,8,10H,5,7H2,1H3;2*1-5H;;/q4*-1;;. The third kappa shape index (κ3) is 11.1. The summed E-state index contributed by atoms with van der Waals surface area (Å²) in [6.07, 6.45) is 23.5. The molecule has 0 amide bonds. The molecule has 2 heteroatoms. The third-order valence-corrected chi connectivity index (χ3v) is 6.11. The van der Waals surface area contributed by atoms with Crippen molar-refractivity contribution in [3.8, 4) is 0 Å². The monoisotopic (exact) mass is 538 g/mol. The Balaban J connectivity index is 0.000000161. The van der Waals surface area contributed by atoms with Gasteiger partial charge in [0.25, 0.3) is 0 Å². The van der Waals surface area contributed by atoms with Crippen LogP contribution >= 0.6 is 0 Å². The second kappa shape index (κ2) is 17.6. The molecule has 2 fully saturated rings. The molecule has 0 spiro atoms. The van der Waals surface area contributed by atoms with E-state index >= 15 is 0 Å². The zero-order chi connectivity index (χ0) is 24.4. The first-order valence-corrected chi connectivity index (χ1v) is 16.4. The smallest absolute Gasteiger partial charge is 0.171 e. The van der Waals surface area contributed by atoms with Crippen molar-refractivity contribution in [1.82, 2.24) is 0 Å². The van der Waals surface area contributed by atoms with Crippen LogP contribution in [0.4, 0.5) is 0 Å². The molecule has 2 aromatic carbocycles. The Morgan fingerprint density at radius 3 is 1.32 bits per heavy atom. The van der Waals surface area contributed by atoms with E-state index in [9.17, 15) is 0 Å². The van der Waals surface area contributed by atoms with Crippen molar-refractivity contribution >= 4 is 6.88 Å². The molecule has 2 radical (unpaired) electrons. The zero-order valence-electron chi connectivity index (χ0n) is 20.5. The number of allylic oxidation sites excluding steroid dienone is 8. The minimum Gasteiger partial charge on any atom is -0.184 e. The van der Waals surface area contributed by atoms with Crippen LogP contribution in [0.15, 0.2) is 108 Å². The van der Waals surface area contributed by atoms with Crippen molar-refractivity contribution in [1.29, 1.82) is 0 Å². The van der Waals surface area contributed by atoms with Gasteiger partial charge < -0.3 is 0 Å². The van der Waals surface area contributed by atoms with Crippen LogP contribution in [0.2, 0.25) is 0 Å². The Hall–Kier alpha value is -1.76. The second-order valence-corrected chi connectivity index (χ2v) is 8.97. The van der Waals surface area contributed by atoms with Crippen molar-refractivity contribution in [2.45, 2.75) is 39.5 Å². The number of fused-ring (bicyclic) bond motifs is 2. The molecule has 2 aromatic rings. The van der Waals surface area contributed by atoms with Crippen LogP contribution < -0.4 is 0 Å². The molecular weight excluding hydrogens is 504 g/mol. The van der Waals surface area contributed by atoms with Gasteiger partial charge in [0, 0.05) is 0 Å². The summed E-state index contributed by atoms with van der Waals surface area (Å²) in [6, 6.07) is 25.0. The van der Waals surface area contributed by atoms with Crippen molar-refractivity contribution in [3.63, 3.8) is 0 Å². The van der Waals surface area contributed by atoms with Gasteiger partial charge in [-0.3, -0.25) is 0 Å². The molecule has 0 saturated heterocycles. The molecule has 34 heavy (non-hydrogen) atoms. The summed E-state index contributed by atoms with van der Waals surface area (Å²) in [7, 11) is 0. The Labute approximate surface area is 225 Å². The Morgan fingerprint density at radius 2 is 1.06 bits per heavy atom. The molecule has 4 aliphatic rings. The van der Waals surface area contributed by atoms with E-state index in [-0.39, 0.29) is 0 Å². The molecule has 2 saturated carbocycles. The van der Waals surface area contributed by atoms with Crippen molar-refractivity contribution in [3.05, 3.63) is 133 Å². The largest absolute Gasteiger partial charge is 0.184 e. The minimum atomic E-state index is 0.816. The molecule has 4 atom stereocenters. The fourth-order valence-corrected chi connectivity index (χ4v) is 4.61. The summed E-state index contributed by atoms with van der Waals surface area (Å²) < 4.78 is 0. The molecule has 6 rings (SSSR count). The first-order valence-electron chi connectivity index (χ1n) is 12.2. The fraction of sp³-hybridized carbons (Fsp3) is 0.312. The van der Waals surface area contributed by atoms with Gasteiger partial charge in [-0.05, 0) is 24.7 Å². The van der Waals surface area contributed by atoms with Crippen molar-refractivity contribution < 1.29 is 23.3 Å². The van der Waals surface area contributed by atoms with Crippen LogP contribution in [0, 0.1) is 48.6 Å². The first kappa shape index (κ1) is 28.5. The van der Waals surface area contributed by atoms with E-state index in [1.807, 2.05) is 60.7 Å². The van der Waals surface area contributed by atoms with Gasteiger partial charge in [-0.2, -0.15) is 72.8 Å². The fourth-order valence-electron chi connectivity index (χ4n) is 4.61. The van der Waals surface area contributed by atoms with Gasteiger partial charge >= 0.3 is 30.2 Å². The SMILES string of the molecule is CC1[CH-]C2=CC=CCC2C1.CC1[CH-]C2=CC=CCC2C1.[Si]=[Zr].[c-]1ccccc1.[c-]1ccccc1. The van der Waals surface area contributed by atoms with Crippen molar-refractivity contribution in [2.75, 3.05) is 0 Å². The van der Waals surface area contributed by atoms with Crippen molar-refractivity contribution in [2.24, 2.45) is 23.7 Å². The molecule has 0 N–H and O–H groups in total. The molecule has 0 nitrogen and oxygen atoms in total. The number of hydrogen-bond donors (Lipinski definition) is 0. The molecule has 0 heterocycles. The van der Waals surface area contributed by atoms with Gasteiger partial charge in [-0.15, -0.1) is 24.3 Å². The van der Waals surface area contributed by atoms with E-state index in [1.165, 1.54) is 49.0 Å². The molecular formula is C32H36SiZr-4. The third-order valence-electron chi connectivity index (χ3n) is 6.11. The quantitative estimate of drug-likeness (QED) is 0.235. The van der Waals surface area contributed by atoms with Crippen LogP contribution in [0.3, 0.4) is 0 Å². The predicted molar refractivity (Wildman–Crippen MR) is 143 cm³/mol. The van der Waals surface area contributed by atoms with Crippen LogP contribution in [-0.4, -0.2) is 6.88 Å². The summed E-state index contributed by atoms with van der Waals surface area (Å²) in [5, 5.41) is 0. The van der Waals surface area contributed by atoms with E-state index in [2.05, 4.69) is 82.2 Å². The molecule has 0 bridgehead atoms. The predicted octanol–water partition coefficient (Wildman–Crippen LogP) is 8.06. The van der Waals surface area contributed by atoms with E-state index in [0.29, 0.717) is 0 Å². The molecule has 0 aromatic heterocycles. The van der Waals surface area contributed by atoms with E-state index < -0.39 is 0 Å². The van der Waals surface area contributed by atoms with Gasteiger partial charge in [-0.25, -0.2) is 36.1 Å². The first-order chi connectivity index (χ1) is 16.7. The van der Waals surface area contributed by atoms with Gasteiger partial charge in [0.2, 0.25) is 0 Å². The average Bonchev–Trinajstić information content (AvgIpc) is 3.49. The van der Waals surface area contributed by atoms with E-state index in [0.717, 1.165) is 23.7 Å². The van der Waals surface area contributed by atoms with Gasteiger partial charge in [0.1, 0.15) is 0 Å². The van der Waals surface area contributed by atoms with Crippen LogP contribution in [-0.2, 0) is 23.3 Å². The number of hydrogen-bond acceptors (Lipinski definition) is 0. The maximum atomic E-state index is 3.06. The number of benzene rings is 2. The van der Waals surface area contributed by atoms with Crippen LogP contribution in [0.1, 0.15) is 39.5 Å². The van der Waals surface area contributed by atoms with Gasteiger partial charge in [0.15, 0.2) is 0 Å². The maximum absolute atomic E-state index is 3.06. The number of rotatable bonds is 0. The maximum Gasteiger partial charge on any atom is -0.171 e. The Morgan fingerprint density at radius 1 is 0.676 bits per heavy atom.